The van der Waals surface area contributed by atoms with Crippen molar-refractivity contribution in [2.75, 3.05) is 59.5 Å². The van der Waals surface area contributed by atoms with Gasteiger partial charge in [0.1, 0.15) is 5.69 Å². The minimum Gasteiger partial charge on any atom is -0.373 e. The molecule has 1 spiro atoms. The summed E-state index contributed by atoms with van der Waals surface area (Å²) in [7, 11) is 4.09. The normalized spacial score (nSPS) is 31.0. The molecule has 3 aliphatic rings. The fraction of sp³-hybridized carbons (Fsp3) is 0.789. The molecule has 144 valence electrons. The van der Waals surface area contributed by atoms with E-state index < -0.39 is 0 Å². The molecule has 1 aromatic rings. The molecule has 3 aliphatic heterocycles. The van der Waals surface area contributed by atoms with E-state index in [0.717, 1.165) is 65.1 Å². The third-order valence-electron chi connectivity index (χ3n) is 6.15. The first kappa shape index (κ1) is 17.9. The van der Waals surface area contributed by atoms with Gasteiger partial charge in [-0.25, -0.2) is 4.98 Å². The minimum atomic E-state index is -0.139. The Bertz CT molecular complexity index is 640. The summed E-state index contributed by atoms with van der Waals surface area (Å²) >= 11 is 0. The number of piperazine rings is 1. The lowest BCUT2D eigenvalue weighted by Crippen LogP contribution is -2.50. The molecule has 2 atom stereocenters. The van der Waals surface area contributed by atoms with Crippen LogP contribution in [0.4, 0.5) is 0 Å². The minimum absolute atomic E-state index is 0.0378. The summed E-state index contributed by atoms with van der Waals surface area (Å²) in [5.41, 5.74) is 0.400. The molecule has 0 N–H and O–H groups in total. The number of imidazole rings is 1. The van der Waals surface area contributed by atoms with Crippen molar-refractivity contribution in [1.82, 2.24) is 24.3 Å². The summed E-state index contributed by atoms with van der Waals surface area (Å²) in [6, 6.07) is 0. The lowest BCUT2D eigenvalue weighted by molar-refractivity contribution is -0.0451. The third-order valence-corrected chi connectivity index (χ3v) is 6.15. The molecule has 4 rings (SSSR count). The second-order valence-electron chi connectivity index (χ2n) is 8.42. The summed E-state index contributed by atoms with van der Waals surface area (Å²) in [6.07, 6.45) is 6.64. The van der Waals surface area contributed by atoms with Crippen molar-refractivity contribution in [3.05, 3.63) is 18.2 Å². The average Bonchev–Trinajstić information content (AvgIpc) is 3.23. The number of likely N-dealkylation sites (tertiary alicyclic amines) is 1. The monoisotopic (exact) mass is 361 g/mol. The van der Waals surface area contributed by atoms with Gasteiger partial charge in [0.25, 0.3) is 5.91 Å². The Kier molecular flexibility index (Phi) is 5.03. The fourth-order valence-corrected chi connectivity index (χ4v) is 4.69. The van der Waals surface area contributed by atoms with Crippen LogP contribution in [0.5, 0.6) is 0 Å². The summed E-state index contributed by atoms with van der Waals surface area (Å²) in [6.45, 7) is 8.11. The van der Waals surface area contributed by atoms with Crippen LogP contribution in [0.15, 0.2) is 12.5 Å². The van der Waals surface area contributed by atoms with Gasteiger partial charge in [0.15, 0.2) is 0 Å². The molecule has 1 aromatic heterocycles. The van der Waals surface area contributed by atoms with Gasteiger partial charge >= 0.3 is 0 Å². The van der Waals surface area contributed by atoms with Crippen LogP contribution in [0.2, 0.25) is 0 Å². The highest BCUT2D eigenvalue weighted by Crippen LogP contribution is 2.38. The second kappa shape index (κ2) is 7.29. The van der Waals surface area contributed by atoms with Gasteiger partial charge in [-0.2, -0.15) is 0 Å². The first-order valence-corrected chi connectivity index (χ1v) is 9.85. The number of aromatic nitrogens is 2. The van der Waals surface area contributed by atoms with E-state index >= 15 is 0 Å². The Labute approximate surface area is 155 Å². The van der Waals surface area contributed by atoms with E-state index in [9.17, 15) is 4.79 Å². The fourth-order valence-electron chi connectivity index (χ4n) is 4.69. The Morgan fingerprint density at radius 3 is 2.81 bits per heavy atom. The molecule has 26 heavy (non-hydrogen) atoms. The van der Waals surface area contributed by atoms with Gasteiger partial charge < -0.3 is 24.0 Å². The average molecular weight is 361 g/mol. The Morgan fingerprint density at radius 2 is 2.08 bits per heavy atom. The topological polar surface area (TPSA) is 53.8 Å². The van der Waals surface area contributed by atoms with E-state index in [1.54, 1.807) is 12.5 Å². The highest BCUT2D eigenvalue weighted by atomic mass is 16.5. The lowest BCUT2D eigenvalue weighted by Gasteiger charge is -2.39. The molecule has 0 saturated carbocycles. The van der Waals surface area contributed by atoms with Crippen LogP contribution in [0.25, 0.3) is 0 Å². The van der Waals surface area contributed by atoms with E-state index in [0.29, 0.717) is 18.2 Å². The van der Waals surface area contributed by atoms with Crippen molar-refractivity contribution < 1.29 is 9.53 Å². The predicted molar refractivity (Wildman–Crippen MR) is 99.1 cm³/mol. The zero-order chi connectivity index (χ0) is 18.1. The number of hydrogen-bond donors (Lipinski definition) is 0. The largest absolute Gasteiger partial charge is 0.373 e. The first-order valence-electron chi connectivity index (χ1n) is 9.85. The third kappa shape index (κ3) is 3.80. The zero-order valence-corrected chi connectivity index (χ0v) is 16.1. The number of nitrogens with zero attached hydrogens (tertiary/aromatic N) is 5. The van der Waals surface area contributed by atoms with Gasteiger partial charge in [-0.3, -0.25) is 4.79 Å². The molecule has 3 saturated heterocycles. The number of rotatable bonds is 3. The van der Waals surface area contributed by atoms with Crippen molar-refractivity contribution >= 4 is 5.91 Å². The molecule has 4 heterocycles. The summed E-state index contributed by atoms with van der Waals surface area (Å²) in [5.74, 6) is 0.624. The number of carbonyl (C=O) groups excluding carboxylic acids is 1. The maximum absolute atomic E-state index is 12.8. The van der Waals surface area contributed by atoms with Gasteiger partial charge in [-0.15, -0.1) is 0 Å². The van der Waals surface area contributed by atoms with Crippen LogP contribution >= 0.6 is 0 Å². The maximum Gasteiger partial charge on any atom is 0.274 e. The summed E-state index contributed by atoms with van der Waals surface area (Å²) in [4.78, 5) is 23.9. The van der Waals surface area contributed by atoms with E-state index in [1.807, 2.05) is 16.5 Å². The molecule has 0 aromatic carbocycles. The molecule has 1 amide bonds. The molecule has 7 heteroatoms. The first-order chi connectivity index (χ1) is 12.5. The molecular formula is C19H31N5O2. The number of aryl methyl sites for hydroxylation is 1. The number of amides is 1. The van der Waals surface area contributed by atoms with E-state index in [4.69, 9.17) is 4.74 Å². The van der Waals surface area contributed by atoms with E-state index in [1.165, 1.54) is 0 Å². The molecule has 0 bridgehead atoms. The Hall–Kier alpha value is -1.44. The van der Waals surface area contributed by atoms with Gasteiger partial charge in [0, 0.05) is 52.5 Å². The van der Waals surface area contributed by atoms with Gasteiger partial charge in [0.05, 0.1) is 25.1 Å². The van der Waals surface area contributed by atoms with Crippen molar-refractivity contribution in [3.8, 4) is 0 Å². The van der Waals surface area contributed by atoms with Crippen LogP contribution in [-0.2, 0) is 11.8 Å². The molecule has 0 radical (unpaired) electrons. The Balaban J connectivity index is 1.34. The number of carbonyl (C=O) groups is 1. The number of likely N-dealkylation sites (N-methyl/N-ethyl adjacent to an activating group) is 1. The predicted octanol–water partition coefficient (Wildman–Crippen LogP) is 0.679. The standard InChI is InChI=1S/C19H31N5O2/c1-21-6-8-23(9-7-21)11-16-10-19(26-13-16)4-3-5-24(14-19)18(25)17-12-22(2)15-20-17/h12,15-16H,3-11,13-14H2,1-2H3. The highest BCUT2D eigenvalue weighted by Gasteiger charge is 2.45. The smallest absolute Gasteiger partial charge is 0.274 e. The lowest BCUT2D eigenvalue weighted by atomic mass is 9.86. The van der Waals surface area contributed by atoms with E-state index in [2.05, 4.69) is 21.8 Å². The SMILES string of the molecule is CN1CCN(CC2COC3(CCCN(C(=O)c4cn(C)cn4)C3)C2)CC1. The van der Waals surface area contributed by atoms with Crippen LogP contribution in [-0.4, -0.2) is 95.2 Å². The molecule has 3 fully saturated rings. The summed E-state index contributed by atoms with van der Waals surface area (Å²) in [5, 5.41) is 0. The Morgan fingerprint density at radius 1 is 1.27 bits per heavy atom. The second-order valence-corrected chi connectivity index (χ2v) is 8.42. The van der Waals surface area contributed by atoms with Crippen molar-refractivity contribution in [2.45, 2.75) is 24.9 Å². The number of piperidine rings is 1. The number of hydrogen-bond acceptors (Lipinski definition) is 5. The molecular weight excluding hydrogens is 330 g/mol. The zero-order valence-electron chi connectivity index (χ0n) is 16.1. The van der Waals surface area contributed by atoms with E-state index in [-0.39, 0.29) is 11.5 Å². The van der Waals surface area contributed by atoms with Gasteiger partial charge in [-0.05, 0) is 32.2 Å². The number of ether oxygens (including phenoxy) is 1. The van der Waals surface area contributed by atoms with Gasteiger partial charge in [-0.1, -0.05) is 0 Å². The van der Waals surface area contributed by atoms with Crippen molar-refractivity contribution in [1.29, 1.82) is 0 Å². The molecule has 2 unspecified atom stereocenters. The maximum atomic E-state index is 12.8. The highest BCUT2D eigenvalue weighted by molar-refractivity contribution is 5.92. The van der Waals surface area contributed by atoms with Crippen molar-refractivity contribution in [3.63, 3.8) is 0 Å². The van der Waals surface area contributed by atoms with Crippen LogP contribution in [0, 0.1) is 5.92 Å². The van der Waals surface area contributed by atoms with Gasteiger partial charge in [0.2, 0.25) is 0 Å². The van der Waals surface area contributed by atoms with Crippen molar-refractivity contribution in [2.24, 2.45) is 13.0 Å². The molecule has 0 aliphatic carbocycles. The summed E-state index contributed by atoms with van der Waals surface area (Å²) < 4.78 is 8.15. The van der Waals surface area contributed by atoms with Crippen LogP contribution < -0.4 is 0 Å². The van der Waals surface area contributed by atoms with Crippen LogP contribution in [0.3, 0.4) is 0 Å². The van der Waals surface area contributed by atoms with Crippen LogP contribution in [0.1, 0.15) is 29.8 Å². The quantitative estimate of drug-likeness (QED) is 0.792. The molecule has 7 nitrogen and oxygen atoms in total.